The number of hydrogen-bond acceptors (Lipinski definition) is 1. The summed E-state index contributed by atoms with van der Waals surface area (Å²) >= 11 is 0. The molecule has 0 bridgehead atoms. The molecule has 0 aromatic rings. The highest BCUT2D eigenvalue weighted by Gasteiger charge is 2.52. The van der Waals surface area contributed by atoms with E-state index >= 15 is 0 Å². The van der Waals surface area contributed by atoms with Crippen molar-refractivity contribution in [2.75, 3.05) is 0 Å². The van der Waals surface area contributed by atoms with Crippen LogP contribution < -0.4 is 0 Å². The van der Waals surface area contributed by atoms with E-state index in [1.807, 2.05) is 0 Å². The Bertz CT molecular complexity index is 239. The molecule has 2 unspecified atom stereocenters. The lowest BCUT2D eigenvalue weighted by atomic mass is 9.62. The normalized spacial score (nSPS) is 41.5. The van der Waals surface area contributed by atoms with Gasteiger partial charge in [0.2, 0.25) is 0 Å². The van der Waals surface area contributed by atoms with E-state index in [-0.39, 0.29) is 5.41 Å². The van der Waals surface area contributed by atoms with Crippen molar-refractivity contribution in [1.29, 1.82) is 0 Å². The minimum atomic E-state index is -0.0364. The lowest BCUT2D eigenvalue weighted by Gasteiger charge is -2.39. The molecule has 2 aliphatic rings. The van der Waals surface area contributed by atoms with Gasteiger partial charge in [-0.15, -0.1) is 0 Å². The Balaban J connectivity index is 2.26. The summed E-state index contributed by atoms with van der Waals surface area (Å²) < 4.78 is 0. The molecule has 0 aliphatic heterocycles. The fourth-order valence-corrected chi connectivity index (χ4v) is 2.28. The molecule has 0 spiro atoms. The first-order chi connectivity index (χ1) is 5.16. The summed E-state index contributed by atoms with van der Waals surface area (Å²) in [4.78, 5) is 11.3. The van der Waals surface area contributed by atoms with Gasteiger partial charge in [-0.25, -0.2) is 0 Å². The highest BCUT2D eigenvalue weighted by molar-refractivity contribution is 5.94. The number of hydrogen-bond donors (Lipinski definition) is 0. The molecule has 1 nitrogen and oxygen atoms in total. The maximum absolute atomic E-state index is 11.3. The van der Waals surface area contributed by atoms with Gasteiger partial charge in [-0.05, 0) is 25.7 Å². The lowest BCUT2D eigenvalue weighted by molar-refractivity contribution is -0.138. The van der Waals surface area contributed by atoms with Crippen molar-refractivity contribution in [3.63, 3.8) is 0 Å². The molecule has 0 heterocycles. The molecule has 0 N–H and O–H groups in total. The Morgan fingerprint density at radius 3 is 2.82 bits per heavy atom. The molecule has 0 amide bonds. The van der Waals surface area contributed by atoms with Crippen LogP contribution in [0.5, 0.6) is 0 Å². The van der Waals surface area contributed by atoms with Crippen LogP contribution in [0, 0.1) is 11.3 Å². The van der Waals surface area contributed by atoms with Crippen LogP contribution in [0.25, 0.3) is 0 Å². The van der Waals surface area contributed by atoms with E-state index in [9.17, 15) is 4.79 Å². The van der Waals surface area contributed by atoms with Gasteiger partial charge < -0.3 is 0 Å². The first kappa shape index (κ1) is 7.08. The van der Waals surface area contributed by atoms with E-state index < -0.39 is 0 Å². The van der Waals surface area contributed by atoms with Gasteiger partial charge >= 0.3 is 0 Å². The number of allylic oxidation sites excluding steroid dienone is 2. The van der Waals surface area contributed by atoms with Gasteiger partial charge in [-0.2, -0.15) is 0 Å². The molecule has 11 heavy (non-hydrogen) atoms. The van der Waals surface area contributed by atoms with Crippen molar-refractivity contribution in [2.24, 2.45) is 11.3 Å². The second-order valence-corrected chi connectivity index (χ2v) is 3.97. The smallest absolute Gasteiger partial charge is 0.143 e. The second kappa shape index (κ2) is 1.96. The number of carbonyl (C=O) groups is 1. The Morgan fingerprint density at radius 1 is 1.64 bits per heavy atom. The summed E-state index contributed by atoms with van der Waals surface area (Å²) in [6, 6.07) is 0. The van der Waals surface area contributed by atoms with Gasteiger partial charge in [0.05, 0.1) is 0 Å². The third-order valence-corrected chi connectivity index (χ3v) is 3.35. The van der Waals surface area contributed by atoms with Gasteiger partial charge in [0, 0.05) is 11.8 Å². The van der Waals surface area contributed by atoms with Crippen LogP contribution >= 0.6 is 0 Å². The summed E-state index contributed by atoms with van der Waals surface area (Å²) in [6.07, 6.45) is 5.35. The third-order valence-electron chi connectivity index (χ3n) is 3.35. The second-order valence-electron chi connectivity index (χ2n) is 3.97. The van der Waals surface area contributed by atoms with Gasteiger partial charge in [-0.1, -0.05) is 18.6 Å². The summed E-state index contributed by atoms with van der Waals surface area (Å²) in [6.45, 7) is 4.26. The van der Waals surface area contributed by atoms with Crippen LogP contribution in [-0.4, -0.2) is 5.78 Å². The van der Waals surface area contributed by atoms with E-state index in [1.54, 1.807) is 0 Å². The van der Waals surface area contributed by atoms with Crippen molar-refractivity contribution in [3.05, 3.63) is 11.6 Å². The topological polar surface area (TPSA) is 17.1 Å². The highest BCUT2D eigenvalue weighted by atomic mass is 16.1. The van der Waals surface area contributed by atoms with Gasteiger partial charge in [-0.3, -0.25) is 4.79 Å². The SMILES string of the molecule is CCC1=CC2(C)C(=O)CC2C1. The van der Waals surface area contributed by atoms with Gasteiger partial charge in [0.25, 0.3) is 0 Å². The Morgan fingerprint density at radius 2 is 2.36 bits per heavy atom. The standard InChI is InChI=1S/C10H14O/c1-3-7-4-8-5-9(11)10(8,2)6-7/h6,8H,3-5H2,1-2H3. The molecule has 0 aromatic carbocycles. The minimum Gasteiger partial charge on any atom is -0.299 e. The van der Waals surface area contributed by atoms with E-state index in [1.165, 1.54) is 12.0 Å². The minimum absolute atomic E-state index is 0.0364. The predicted octanol–water partition coefficient (Wildman–Crippen LogP) is 2.32. The van der Waals surface area contributed by atoms with E-state index in [0.29, 0.717) is 11.7 Å². The van der Waals surface area contributed by atoms with Crippen molar-refractivity contribution >= 4 is 5.78 Å². The Kier molecular flexibility index (Phi) is 1.26. The molecule has 60 valence electrons. The zero-order valence-corrected chi connectivity index (χ0v) is 7.18. The first-order valence-corrected chi connectivity index (χ1v) is 4.40. The van der Waals surface area contributed by atoms with Crippen LogP contribution in [0.4, 0.5) is 0 Å². The van der Waals surface area contributed by atoms with Crippen molar-refractivity contribution in [3.8, 4) is 0 Å². The van der Waals surface area contributed by atoms with Crippen LogP contribution in [0.3, 0.4) is 0 Å². The van der Waals surface area contributed by atoms with Crippen molar-refractivity contribution in [1.82, 2.24) is 0 Å². The summed E-state index contributed by atoms with van der Waals surface area (Å²) in [5.41, 5.74) is 1.45. The average Bonchev–Trinajstić information content (AvgIpc) is 2.25. The largest absolute Gasteiger partial charge is 0.299 e. The maximum Gasteiger partial charge on any atom is 0.143 e. The van der Waals surface area contributed by atoms with Crippen LogP contribution in [-0.2, 0) is 4.79 Å². The fraction of sp³-hybridized carbons (Fsp3) is 0.700. The molecule has 0 radical (unpaired) electrons. The first-order valence-electron chi connectivity index (χ1n) is 4.40. The van der Waals surface area contributed by atoms with Crippen LogP contribution in [0.1, 0.15) is 33.1 Å². The molecule has 2 rings (SSSR count). The Labute approximate surface area is 67.5 Å². The number of fused-ring (bicyclic) bond motifs is 1. The zero-order chi connectivity index (χ0) is 8.06. The Hall–Kier alpha value is -0.590. The molecule has 0 aromatic heterocycles. The molecule has 0 saturated heterocycles. The fourth-order valence-electron chi connectivity index (χ4n) is 2.28. The van der Waals surface area contributed by atoms with Crippen molar-refractivity contribution < 1.29 is 4.79 Å². The van der Waals surface area contributed by atoms with Crippen LogP contribution in [0.2, 0.25) is 0 Å². The molecule has 2 aliphatic carbocycles. The maximum atomic E-state index is 11.3. The quantitative estimate of drug-likeness (QED) is 0.524. The summed E-state index contributed by atoms with van der Waals surface area (Å²) in [5, 5.41) is 0. The number of carbonyl (C=O) groups excluding carboxylic acids is 1. The average molecular weight is 150 g/mol. The molecule has 2 atom stereocenters. The molecular formula is C10H14O. The lowest BCUT2D eigenvalue weighted by Crippen LogP contribution is -2.43. The number of Topliss-reactive ketones (excluding diaryl/α,β-unsaturated/α-hetero) is 1. The van der Waals surface area contributed by atoms with E-state index in [0.717, 1.165) is 12.8 Å². The molecule has 1 fully saturated rings. The summed E-state index contributed by atoms with van der Waals surface area (Å²) in [5.74, 6) is 1.11. The number of rotatable bonds is 1. The molecular weight excluding hydrogens is 136 g/mol. The van der Waals surface area contributed by atoms with E-state index in [4.69, 9.17) is 0 Å². The molecule has 1 heteroatoms. The predicted molar refractivity (Wildman–Crippen MR) is 44.2 cm³/mol. The van der Waals surface area contributed by atoms with Crippen LogP contribution in [0.15, 0.2) is 11.6 Å². The zero-order valence-electron chi connectivity index (χ0n) is 7.18. The van der Waals surface area contributed by atoms with Gasteiger partial charge in [0.1, 0.15) is 5.78 Å². The summed E-state index contributed by atoms with van der Waals surface area (Å²) in [7, 11) is 0. The van der Waals surface area contributed by atoms with Gasteiger partial charge in [0.15, 0.2) is 0 Å². The molecule has 1 saturated carbocycles. The van der Waals surface area contributed by atoms with Crippen molar-refractivity contribution in [2.45, 2.75) is 33.1 Å². The highest BCUT2D eigenvalue weighted by Crippen LogP contribution is 2.53. The van der Waals surface area contributed by atoms with E-state index in [2.05, 4.69) is 19.9 Å². The monoisotopic (exact) mass is 150 g/mol. The third kappa shape index (κ3) is 0.741. The number of ketones is 1.